The summed E-state index contributed by atoms with van der Waals surface area (Å²) in [6, 6.07) is 24.4. The molecule has 0 bridgehead atoms. The van der Waals surface area contributed by atoms with Crippen molar-refractivity contribution in [1.82, 2.24) is 14.5 Å². The number of sulfone groups is 1. The number of rotatable bonds is 10. The van der Waals surface area contributed by atoms with E-state index in [0.29, 0.717) is 70.0 Å². The Hall–Kier alpha value is -5.25. The van der Waals surface area contributed by atoms with Crippen molar-refractivity contribution >= 4 is 25.8 Å². The van der Waals surface area contributed by atoms with Crippen LogP contribution in [0.3, 0.4) is 0 Å². The third-order valence-electron chi connectivity index (χ3n) is 9.81. The summed E-state index contributed by atoms with van der Waals surface area (Å²) in [4.78, 5) is 14.2. The zero-order chi connectivity index (χ0) is 42.2. The van der Waals surface area contributed by atoms with E-state index in [0.717, 1.165) is 22.3 Å². The smallest absolute Gasteiger partial charge is 0.246 e. The molecule has 0 aromatic heterocycles. The Morgan fingerprint density at radius 2 is 1.16 bits per heavy atom. The number of piperazine rings is 1. The van der Waals surface area contributed by atoms with Crippen LogP contribution in [0, 0.1) is 56.3 Å². The maximum absolute atomic E-state index is 13.6. The number of hydrogen-bond acceptors (Lipinski definition) is 10. The Balaban J connectivity index is 0.000000226. The molecule has 2 aliphatic heterocycles. The van der Waals surface area contributed by atoms with Gasteiger partial charge >= 0.3 is 0 Å². The number of likely N-dealkylation sites (tertiary alicyclic amines) is 1. The molecule has 58 heavy (non-hydrogen) atoms. The Labute approximate surface area is 343 Å². The molecule has 0 spiro atoms. The maximum Gasteiger partial charge on any atom is 0.246 e. The van der Waals surface area contributed by atoms with Crippen LogP contribution in [-0.2, 0) is 24.7 Å². The Bertz CT molecular complexity index is 2400. The molecular formula is C44H51N5O7S2. The van der Waals surface area contributed by atoms with Gasteiger partial charge in [-0.15, -0.1) is 0 Å². The SMILES string of the molecule is Cc1cc(C)cc(Oc2ccc(C#N)cc2S(=O)(=O)C2CCN(C(=O)CC(C)C)CC2)c1.Cc1cc(C)cc(Oc2ccc(C#N)cc2S(=O)(=O)N2CCNCC2)c1. The van der Waals surface area contributed by atoms with Gasteiger partial charge in [-0.25, -0.2) is 16.8 Å². The Morgan fingerprint density at radius 3 is 1.60 bits per heavy atom. The van der Waals surface area contributed by atoms with E-state index in [1.165, 1.54) is 16.4 Å². The molecule has 0 saturated carbocycles. The summed E-state index contributed by atoms with van der Waals surface area (Å²) in [5, 5.41) is 21.0. The maximum atomic E-state index is 13.6. The molecule has 2 saturated heterocycles. The van der Waals surface area contributed by atoms with Crippen LogP contribution in [0.2, 0.25) is 0 Å². The van der Waals surface area contributed by atoms with Crippen molar-refractivity contribution in [2.24, 2.45) is 5.92 Å². The van der Waals surface area contributed by atoms with Gasteiger partial charge in [0.2, 0.25) is 15.9 Å². The van der Waals surface area contributed by atoms with Crippen LogP contribution in [0.15, 0.2) is 82.6 Å². The average molecular weight is 826 g/mol. The lowest BCUT2D eigenvalue weighted by Gasteiger charge is -2.32. The van der Waals surface area contributed by atoms with E-state index in [2.05, 4.69) is 5.32 Å². The number of nitrogens with zero attached hydrogens (tertiary/aromatic N) is 4. The Morgan fingerprint density at radius 1 is 0.707 bits per heavy atom. The number of nitrogens with one attached hydrogen (secondary N) is 1. The molecular weight excluding hydrogens is 775 g/mol. The third-order valence-corrected chi connectivity index (χ3v) is 14.0. The molecule has 0 atom stereocenters. The summed E-state index contributed by atoms with van der Waals surface area (Å²) >= 11 is 0. The van der Waals surface area contributed by atoms with Crippen molar-refractivity contribution in [3.05, 3.63) is 106 Å². The van der Waals surface area contributed by atoms with Crippen LogP contribution in [0.1, 0.15) is 66.5 Å². The van der Waals surface area contributed by atoms with Crippen molar-refractivity contribution < 1.29 is 31.1 Å². The van der Waals surface area contributed by atoms with E-state index in [4.69, 9.17) is 9.47 Å². The van der Waals surface area contributed by atoms with Crippen LogP contribution in [0.5, 0.6) is 23.0 Å². The second-order valence-electron chi connectivity index (χ2n) is 15.3. The van der Waals surface area contributed by atoms with Gasteiger partial charge in [-0.3, -0.25) is 4.79 Å². The van der Waals surface area contributed by atoms with E-state index < -0.39 is 25.1 Å². The molecule has 4 aromatic rings. The van der Waals surface area contributed by atoms with Gasteiger partial charge in [0, 0.05) is 45.7 Å². The highest BCUT2D eigenvalue weighted by Crippen LogP contribution is 2.36. The van der Waals surface area contributed by atoms with Gasteiger partial charge in [-0.2, -0.15) is 14.8 Å². The molecule has 12 nitrogen and oxygen atoms in total. The number of nitriles is 2. The summed E-state index contributed by atoms with van der Waals surface area (Å²) in [7, 11) is -7.50. The third kappa shape index (κ3) is 11.0. The number of carbonyl (C=O) groups is 1. The first-order valence-corrected chi connectivity index (χ1v) is 22.3. The molecule has 1 N–H and O–H groups in total. The lowest BCUT2D eigenvalue weighted by Crippen LogP contribution is -2.46. The minimum atomic E-state index is -3.75. The second-order valence-corrected chi connectivity index (χ2v) is 19.4. The van der Waals surface area contributed by atoms with Gasteiger partial charge in [0.05, 0.1) is 28.5 Å². The van der Waals surface area contributed by atoms with Gasteiger partial charge in [0.1, 0.15) is 32.8 Å². The first kappa shape index (κ1) is 43.9. The predicted octanol–water partition coefficient (Wildman–Crippen LogP) is 7.34. The molecule has 2 fully saturated rings. The highest BCUT2D eigenvalue weighted by atomic mass is 32.2. The van der Waals surface area contributed by atoms with E-state index >= 15 is 0 Å². The lowest BCUT2D eigenvalue weighted by molar-refractivity contribution is -0.132. The van der Waals surface area contributed by atoms with Gasteiger partial charge in [-0.1, -0.05) is 26.0 Å². The van der Waals surface area contributed by atoms with Crippen molar-refractivity contribution in [1.29, 1.82) is 10.5 Å². The van der Waals surface area contributed by atoms with Crippen LogP contribution in [-0.4, -0.2) is 76.5 Å². The van der Waals surface area contributed by atoms with Gasteiger partial charge in [-0.05, 0) is 129 Å². The number of hydrogen-bond donors (Lipinski definition) is 1. The number of benzene rings is 4. The summed E-state index contributed by atoms with van der Waals surface area (Å²) in [6.07, 6.45) is 1.20. The van der Waals surface area contributed by atoms with Crippen LogP contribution in [0.25, 0.3) is 0 Å². The predicted molar refractivity (Wildman–Crippen MR) is 222 cm³/mol. The zero-order valence-corrected chi connectivity index (χ0v) is 35.5. The molecule has 0 radical (unpaired) electrons. The largest absolute Gasteiger partial charge is 0.456 e. The minimum Gasteiger partial charge on any atom is -0.456 e. The molecule has 1 amide bonds. The summed E-state index contributed by atoms with van der Waals surface area (Å²) in [6.45, 7) is 14.6. The van der Waals surface area contributed by atoms with Gasteiger partial charge in [0.25, 0.3) is 0 Å². The lowest BCUT2D eigenvalue weighted by atomic mass is 10.1. The highest BCUT2D eigenvalue weighted by Gasteiger charge is 2.35. The number of sulfonamides is 1. The van der Waals surface area contributed by atoms with Crippen molar-refractivity contribution in [2.75, 3.05) is 39.3 Å². The number of aryl methyl sites for hydroxylation is 4. The highest BCUT2D eigenvalue weighted by molar-refractivity contribution is 7.92. The normalized spacial score (nSPS) is 15.2. The van der Waals surface area contributed by atoms with Crippen LogP contribution < -0.4 is 14.8 Å². The van der Waals surface area contributed by atoms with Crippen LogP contribution in [0.4, 0.5) is 0 Å². The van der Waals surface area contributed by atoms with E-state index in [1.54, 1.807) is 29.2 Å². The second kappa shape index (κ2) is 19.0. The zero-order valence-electron chi connectivity index (χ0n) is 33.9. The summed E-state index contributed by atoms with van der Waals surface area (Å²) in [5.41, 5.74) is 4.63. The monoisotopic (exact) mass is 825 g/mol. The average Bonchev–Trinajstić information content (AvgIpc) is 3.17. The number of amides is 1. The van der Waals surface area contributed by atoms with Crippen LogP contribution >= 0.6 is 0 Å². The fourth-order valence-corrected chi connectivity index (χ4v) is 10.5. The molecule has 6 rings (SSSR count). The van der Waals surface area contributed by atoms with E-state index in [9.17, 15) is 32.2 Å². The molecule has 0 aliphatic carbocycles. The Kier molecular flexibility index (Phi) is 14.4. The van der Waals surface area contributed by atoms with Gasteiger partial charge < -0.3 is 19.7 Å². The first-order valence-electron chi connectivity index (χ1n) is 19.3. The molecule has 2 heterocycles. The van der Waals surface area contributed by atoms with E-state index in [1.807, 2.05) is 90.1 Å². The van der Waals surface area contributed by atoms with Crippen molar-refractivity contribution in [3.8, 4) is 35.1 Å². The number of ether oxygens (including phenoxy) is 2. The molecule has 0 unspecified atom stereocenters. The fourth-order valence-electron chi connectivity index (χ4n) is 7.08. The van der Waals surface area contributed by atoms with Gasteiger partial charge in [0.15, 0.2) is 9.84 Å². The summed E-state index contributed by atoms with van der Waals surface area (Å²) in [5.74, 6) is 1.91. The molecule has 4 aromatic carbocycles. The number of carbonyl (C=O) groups excluding carboxylic acids is 1. The summed E-state index contributed by atoms with van der Waals surface area (Å²) < 4.78 is 66.7. The quantitative estimate of drug-likeness (QED) is 0.171. The molecule has 14 heteroatoms. The molecule has 2 aliphatic rings. The standard InChI is InChI=1S/C25H30N2O4S.C19H21N3O3S/c1-17(2)11-25(28)27-9-7-22(8-10-27)32(29,30)24-15-20(16-26)5-6-23(24)31-21-13-18(3)12-19(4)14-21;1-14-9-15(2)11-17(10-14)25-18-4-3-16(13-20)12-19(18)26(23,24)22-7-5-21-6-8-22/h5-6,12-15,17,22H,7-11H2,1-4H3;3-4,9-12,21H,5-8H2,1-2H3. The fraction of sp³-hybridized carbons (Fsp3) is 0.386. The van der Waals surface area contributed by atoms with E-state index in [-0.39, 0.29) is 44.2 Å². The first-order chi connectivity index (χ1) is 27.5. The van der Waals surface area contributed by atoms with Crippen molar-refractivity contribution in [2.45, 2.75) is 75.8 Å². The minimum absolute atomic E-state index is 0.0256. The number of piperidine rings is 1. The van der Waals surface area contributed by atoms with Crippen molar-refractivity contribution in [3.63, 3.8) is 0 Å². The molecule has 306 valence electrons. The topological polar surface area (TPSA) is 170 Å².